The highest BCUT2D eigenvalue weighted by atomic mass is 16.5. The van der Waals surface area contributed by atoms with Gasteiger partial charge >= 0.3 is 6.03 Å². The maximum atomic E-state index is 13.3. The van der Waals surface area contributed by atoms with Crippen molar-refractivity contribution in [3.05, 3.63) is 23.8 Å². The largest absolute Gasteiger partial charge is 0.493 e. The van der Waals surface area contributed by atoms with Crippen LogP contribution in [-0.4, -0.2) is 37.7 Å². The Morgan fingerprint density at radius 3 is 2.32 bits per heavy atom. The molecule has 4 aliphatic carbocycles. The van der Waals surface area contributed by atoms with Crippen molar-refractivity contribution in [1.29, 1.82) is 0 Å². The lowest BCUT2D eigenvalue weighted by Gasteiger charge is -2.54. The van der Waals surface area contributed by atoms with Crippen molar-refractivity contribution in [3.8, 4) is 11.5 Å². The van der Waals surface area contributed by atoms with E-state index in [9.17, 15) is 4.79 Å². The zero-order valence-corrected chi connectivity index (χ0v) is 17.0. The zero-order chi connectivity index (χ0) is 19.3. The second-order valence-electron chi connectivity index (χ2n) is 9.37. The van der Waals surface area contributed by atoms with Gasteiger partial charge in [0.05, 0.1) is 20.3 Å². The quantitative estimate of drug-likeness (QED) is 0.838. The summed E-state index contributed by atoms with van der Waals surface area (Å²) in [5.74, 6) is 4.75. The van der Waals surface area contributed by atoms with Gasteiger partial charge in [0.15, 0.2) is 11.5 Å². The molecule has 0 spiro atoms. The molecule has 1 aromatic rings. The Morgan fingerprint density at radius 1 is 1.00 bits per heavy atom. The molecule has 1 aromatic carbocycles. The molecule has 4 saturated carbocycles. The van der Waals surface area contributed by atoms with Gasteiger partial charge in [-0.1, -0.05) is 6.07 Å². The number of rotatable bonds is 4. The average molecular weight is 385 g/mol. The third-order valence-corrected chi connectivity index (χ3v) is 7.82. The van der Waals surface area contributed by atoms with Crippen molar-refractivity contribution in [2.75, 3.05) is 20.8 Å². The van der Waals surface area contributed by atoms with Crippen LogP contribution in [0.5, 0.6) is 11.5 Å². The van der Waals surface area contributed by atoms with E-state index >= 15 is 0 Å². The van der Waals surface area contributed by atoms with Gasteiger partial charge in [0.1, 0.15) is 0 Å². The number of hydrogen-bond acceptors (Lipinski definition) is 3. The lowest BCUT2D eigenvalue weighted by Crippen LogP contribution is -2.57. The van der Waals surface area contributed by atoms with Crippen molar-refractivity contribution >= 4 is 6.03 Å². The number of nitrogens with zero attached hydrogens (tertiary/aromatic N) is 1. The Balaban J connectivity index is 1.31. The lowest BCUT2D eigenvalue weighted by molar-refractivity contribution is -0.0112. The normalized spacial score (nSPS) is 35.9. The highest BCUT2D eigenvalue weighted by molar-refractivity contribution is 5.75. The summed E-state index contributed by atoms with van der Waals surface area (Å²) in [6, 6.07) is 6.69. The molecule has 5 nitrogen and oxygen atoms in total. The zero-order valence-electron chi connectivity index (χ0n) is 17.0. The molecule has 6 rings (SSSR count). The third kappa shape index (κ3) is 3.03. The molecule has 5 fully saturated rings. The second-order valence-corrected chi connectivity index (χ2v) is 9.37. The van der Waals surface area contributed by atoms with E-state index in [0.717, 1.165) is 48.3 Å². The summed E-state index contributed by atoms with van der Waals surface area (Å²) in [6.45, 7) is 0.831. The van der Waals surface area contributed by atoms with Gasteiger partial charge in [0, 0.05) is 12.6 Å². The molecule has 0 aromatic heterocycles. The number of carbonyl (C=O) groups excluding carboxylic acids is 1. The molecule has 152 valence electrons. The number of urea groups is 1. The fourth-order valence-corrected chi connectivity index (χ4v) is 6.80. The van der Waals surface area contributed by atoms with E-state index in [0.29, 0.717) is 17.9 Å². The molecule has 4 bridgehead atoms. The number of methoxy groups -OCH3 is 2. The Morgan fingerprint density at radius 2 is 1.68 bits per heavy atom. The van der Waals surface area contributed by atoms with Crippen LogP contribution in [0.1, 0.15) is 56.6 Å². The van der Waals surface area contributed by atoms with E-state index < -0.39 is 0 Å². The van der Waals surface area contributed by atoms with Gasteiger partial charge in [-0.05, 0) is 86.3 Å². The molecule has 1 atom stereocenters. The maximum absolute atomic E-state index is 13.3. The Bertz CT molecular complexity index is 721. The van der Waals surface area contributed by atoms with Gasteiger partial charge in [-0.25, -0.2) is 4.79 Å². The number of likely N-dealkylation sites (tertiary alicyclic amines) is 1. The van der Waals surface area contributed by atoms with E-state index in [4.69, 9.17) is 9.47 Å². The van der Waals surface area contributed by atoms with Crippen molar-refractivity contribution in [1.82, 2.24) is 10.2 Å². The Hall–Kier alpha value is -1.91. The highest BCUT2D eigenvalue weighted by Crippen LogP contribution is 2.53. The molecule has 28 heavy (non-hydrogen) atoms. The van der Waals surface area contributed by atoms with E-state index in [-0.39, 0.29) is 12.1 Å². The first-order chi connectivity index (χ1) is 13.7. The van der Waals surface area contributed by atoms with Crippen LogP contribution in [0, 0.1) is 23.7 Å². The van der Waals surface area contributed by atoms with Crippen molar-refractivity contribution < 1.29 is 14.3 Å². The minimum Gasteiger partial charge on any atom is -0.493 e. The van der Waals surface area contributed by atoms with E-state index in [1.165, 1.54) is 32.1 Å². The molecule has 1 unspecified atom stereocenters. The van der Waals surface area contributed by atoms with Gasteiger partial charge < -0.3 is 19.7 Å². The van der Waals surface area contributed by atoms with Gasteiger partial charge in [-0.3, -0.25) is 0 Å². The van der Waals surface area contributed by atoms with Gasteiger partial charge in [0.25, 0.3) is 0 Å². The molecular formula is C23H32N2O3. The van der Waals surface area contributed by atoms with Crippen LogP contribution in [0.2, 0.25) is 0 Å². The number of hydrogen-bond donors (Lipinski definition) is 1. The molecule has 0 radical (unpaired) electrons. The summed E-state index contributed by atoms with van der Waals surface area (Å²) in [4.78, 5) is 15.3. The van der Waals surface area contributed by atoms with Crippen molar-refractivity contribution in [3.63, 3.8) is 0 Å². The summed E-state index contributed by atoms with van der Waals surface area (Å²) < 4.78 is 10.8. The second kappa shape index (κ2) is 7.16. The summed E-state index contributed by atoms with van der Waals surface area (Å²) in [7, 11) is 3.31. The lowest BCUT2D eigenvalue weighted by atomic mass is 9.54. The topological polar surface area (TPSA) is 50.8 Å². The maximum Gasteiger partial charge on any atom is 0.318 e. The van der Waals surface area contributed by atoms with Crippen molar-refractivity contribution in [2.45, 2.75) is 57.0 Å². The molecular weight excluding hydrogens is 352 g/mol. The van der Waals surface area contributed by atoms with Gasteiger partial charge in [-0.15, -0.1) is 0 Å². The summed E-state index contributed by atoms with van der Waals surface area (Å²) in [5.41, 5.74) is 1.13. The summed E-state index contributed by atoms with van der Waals surface area (Å²) in [6.07, 6.45) is 8.82. The van der Waals surface area contributed by atoms with E-state index in [1.807, 2.05) is 17.0 Å². The minimum absolute atomic E-state index is 0.122. The van der Waals surface area contributed by atoms with Crippen LogP contribution in [0.3, 0.4) is 0 Å². The summed E-state index contributed by atoms with van der Waals surface area (Å²) in [5, 5.41) is 3.49. The molecule has 5 heteroatoms. The number of ether oxygens (including phenoxy) is 2. The number of amides is 2. The Labute approximate surface area is 167 Å². The standard InChI is InChI=1S/C23H32N2O3/c1-27-20-6-5-16(13-21(20)28-2)19-4-3-7-25(19)23(26)24-22-17-9-14-8-15(11-17)12-18(22)10-14/h5-6,13-15,17-19,22H,3-4,7-12H2,1-2H3,(H,24,26). The molecule has 2 amide bonds. The van der Waals surface area contributed by atoms with Crippen LogP contribution < -0.4 is 14.8 Å². The number of benzene rings is 1. The van der Waals surface area contributed by atoms with E-state index in [1.54, 1.807) is 14.2 Å². The number of carbonyl (C=O) groups is 1. The van der Waals surface area contributed by atoms with E-state index in [2.05, 4.69) is 11.4 Å². The van der Waals surface area contributed by atoms with Crippen molar-refractivity contribution in [2.24, 2.45) is 23.7 Å². The van der Waals surface area contributed by atoms with Gasteiger partial charge in [-0.2, -0.15) is 0 Å². The summed E-state index contributed by atoms with van der Waals surface area (Å²) >= 11 is 0. The highest BCUT2D eigenvalue weighted by Gasteiger charge is 2.49. The minimum atomic E-state index is 0.122. The predicted octanol–water partition coefficient (Wildman–Crippen LogP) is 4.38. The van der Waals surface area contributed by atoms with Gasteiger partial charge in [0.2, 0.25) is 0 Å². The fraction of sp³-hybridized carbons (Fsp3) is 0.696. The molecule has 1 saturated heterocycles. The monoisotopic (exact) mass is 384 g/mol. The van der Waals surface area contributed by atoms with Crippen LogP contribution in [0.25, 0.3) is 0 Å². The van der Waals surface area contributed by atoms with Crippen LogP contribution in [0.15, 0.2) is 18.2 Å². The third-order valence-electron chi connectivity index (χ3n) is 7.82. The van der Waals surface area contributed by atoms with Crippen LogP contribution >= 0.6 is 0 Å². The Kier molecular flexibility index (Phi) is 4.64. The smallest absolute Gasteiger partial charge is 0.318 e. The first-order valence-electron chi connectivity index (χ1n) is 10.9. The first-order valence-corrected chi connectivity index (χ1v) is 10.9. The molecule has 1 aliphatic heterocycles. The molecule has 1 heterocycles. The number of nitrogens with one attached hydrogen (secondary N) is 1. The predicted molar refractivity (Wildman–Crippen MR) is 108 cm³/mol. The molecule has 1 N–H and O–H groups in total. The molecule has 5 aliphatic rings. The first kappa shape index (κ1) is 18.1. The van der Waals surface area contributed by atoms with Crippen LogP contribution in [-0.2, 0) is 0 Å². The fourth-order valence-electron chi connectivity index (χ4n) is 6.80. The average Bonchev–Trinajstić information content (AvgIpc) is 3.19. The SMILES string of the molecule is COc1ccc(C2CCCN2C(=O)NC2C3CC4CC(C3)CC2C4)cc1OC. The van der Waals surface area contributed by atoms with Crippen LogP contribution in [0.4, 0.5) is 4.79 Å².